The van der Waals surface area contributed by atoms with Crippen LogP contribution in [0.1, 0.15) is 39.7 Å². The van der Waals surface area contributed by atoms with Gasteiger partial charge < -0.3 is 4.43 Å². The van der Waals surface area contributed by atoms with Crippen LogP contribution in [-0.2, 0) is 4.43 Å². The molecule has 0 N–H and O–H groups in total. The van der Waals surface area contributed by atoms with Crippen molar-refractivity contribution in [1.82, 2.24) is 9.78 Å². The van der Waals surface area contributed by atoms with Gasteiger partial charge in [0.2, 0.25) is 0 Å². The minimum Gasteiger partial charge on any atom is -0.417 e. The van der Waals surface area contributed by atoms with E-state index in [2.05, 4.69) is 78.9 Å². The Balaban J connectivity index is 1.56. The lowest BCUT2D eigenvalue weighted by molar-refractivity contribution is 0.110. The number of nitrogens with zero attached hydrogens (tertiary/aromatic N) is 2. The molecule has 1 fully saturated rings. The Labute approximate surface area is 148 Å². The van der Waals surface area contributed by atoms with Crippen molar-refractivity contribution in [2.24, 2.45) is 5.92 Å². The lowest BCUT2D eigenvalue weighted by Crippen LogP contribution is -2.43. The monoisotopic (exact) mass is 394 g/mol. The molecule has 0 bridgehead atoms. The predicted molar refractivity (Wildman–Crippen MR) is 102 cm³/mol. The van der Waals surface area contributed by atoms with Gasteiger partial charge in [-0.3, -0.25) is 4.68 Å². The van der Waals surface area contributed by atoms with E-state index in [-0.39, 0.29) is 0 Å². The molecule has 23 heavy (non-hydrogen) atoms. The number of hydrogen-bond donors (Lipinski definition) is 0. The van der Waals surface area contributed by atoms with E-state index < -0.39 is 8.32 Å². The van der Waals surface area contributed by atoms with Crippen LogP contribution in [0.15, 0.2) is 28.9 Å². The molecule has 1 aromatic carbocycles. The zero-order valence-electron chi connectivity index (χ0n) is 14.8. The van der Waals surface area contributed by atoms with Crippen molar-refractivity contribution in [2.45, 2.75) is 57.8 Å². The van der Waals surface area contributed by atoms with Crippen molar-refractivity contribution in [3.8, 4) is 0 Å². The van der Waals surface area contributed by atoms with Crippen LogP contribution in [0.4, 0.5) is 0 Å². The highest BCUT2D eigenvalue weighted by Crippen LogP contribution is 2.41. The van der Waals surface area contributed by atoms with Crippen molar-refractivity contribution in [1.29, 1.82) is 0 Å². The number of fused-ring (bicyclic) bond motifs is 1. The predicted octanol–water partition coefficient (Wildman–Crippen LogP) is 5.77. The van der Waals surface area contributed by atoms with Crippen LogP contribution in [0, 0.1) is 5.92 Å². The Hall–Kier alpha value is -0.653. The molecule has 1 aliphatic carbocycles. The third-order valence-electron chi connectivity index (χ3n) is 5.56. The van der Waals surface area contributed by atoms with Gasteiger partial charge in [0.15, 0.2) is 8.32 Å². The van der Waals surface area contributed by atoms with Gasteiger partial charge in [0.05, 0.1) is 11.6 Å². The Morgan fingerprint density at radius 1 is 1.30 bits per heavy atom. The van der Waals surface area contributed by atoms with Crippen molar-refractivity contribution in [2.75, 3.05) is 6.61 Å². The molecule has 1 saturated carbocycles. The molecule has 1 aliphatic rings. The first-order chi connectivity index (χ1) is 10.7. The molecule has 3 nitrogen and oxygen atoms in total. The number of rotatable bonds is 4. The SMILES string of the molecule is CC(C)(C)[Si](C)(C)OC[C@H]1C[C@H](n2cc3cc(Br)ccc3n2)C1. The second-order valence-electron chi connectivity index (χ2n) is 8.37. The molecule has 0 spiro atoms. The van der Waals surface area contributed by atoms with E-state index in [0.29, 0.717) is 17.0 Å². The zero-order chi connectivity index (χ0) is 16.8. The van der Waals surface area contributed by atoms with E-state index in [0.717, 1.165) is 16.6 Å². The van der Waals surface area contributed by atoms with Crippen molar-refractivity contribution in [3.63, 3.8) is 0 Å². The standard InChI is InChI=1S/C18H27BrN2OSi/c1-18(2,3)23(4,5)22-12-13-8-16(9-13)21-11-14-10-15(19)6-7-17(14)20-21/h6-7,10-11,13,16H,8-9,12H2,1-5H3/t13-,16-. The zero-order valence-corrected chi connectivity index (χ0v) is 17.4. The molecule has 126 valence electrons. The highest BCUT2D eigenvalue weighted by molar-refractivity contribution is 9.10. The molecule has 0 radical (unpaired) electrons. The number of aromatic nitrogens is 2. The summed E-state index contributed by atoms with van der Waals surface area (Å²) in [6.07, 6.45) is 4.54. The van der Waals surface area contributed by atoms with Gasteiger partial charge in [0.25, 0.3) is 0 Å². The summed E-state index contributed by atoms with van der Waals surface area (Å²) < 4.78 is 9.62. The van der Waals surface area contributed by atoms with Gasteiger partial charge >= 0.3 is 0 Å². The van der Waals surface area contributed by atoms with Crippen LogP contribution in [0.25, 0.3) is 10.9 Å². The van der Waals surface area contributed by atoms with Gasteiger partial charge in [-0.15, -0.1) is 0 Å². The maximum absolute atomic E-state index is 6.36. The third-order valence-corrected chi connectivity index (χ3v) is 10.5. The second kappa shape index (κ2) is 6.01. The molecule has 0 saturated heterocycles. The van der Waals surface area contributed by atoms with Gasteiger partial charge in [-0.1, -0.05) is 36.7 Å². The minimum absolute atomic E-state index is 0.295. The molecular formula is C18H27BrN2OSi. The van der Waals surface area contributed by atoms with Crippen molar-refractivity contribution < 1.29 is 4.43 Å². The molecule has 0 atom stereocenters. The van der Waals surface area contributed by atoms with Gasteiger partial charge in [0.1, 0.15) is 0 Å². The highest BCUT2D eigenvalue weighted by atomic mass is 79.9. The van der Waals surface area contributed by atoms with Crippen LogP contribution in [0.5, 0.6) is 0 Å². The molecule has 0 amide bonds. The lowest BCUT2D eigenvalue weighted by Gasteiger charge is -2.41. The van der Waals surface area contributed by atoms with Crippen molar-refractivity contribution >= 4 is 35.2 Å². The van der Waals surface area contributed by atoms with E-state index in [4.69, 9.17) is 9.52 Å². The number of halogens is 1. The minimum atomic E-state index is -1.61. The Morgan fingerprint density at radius 2 is 2.00 bits per heavy atom. The summed E-state index contributed by atoms with van der Waals surface area (Å²) in [6.45, 7) is 12.5. The van der Waals surface area contributed by atoms with E-state index >= 15 is 0 Å². The average molecular weight is 395 g/mol. The van der Waals surface area contributed by atoms with Crippen LogP contribution in [0.3, 0.4) is 0 Å². The molecule has 3 rings (SSSR count). The van der Waals surface area contributed by atoms with Crippen LogP contribution >= 0.6 is 15.9 Å². The topological polar surface area (TPSA) is 27.1 Å². The summed E-state index contributed by atoms with van der Waals surface area (Å²) in [7, 11) is -1.61. The molecule has 2 aromatic rings. The fraction of sp³-hybridized carbons (Fsp3) is 0.611. The van der Waals surface area contributed by atoms with Crippen LogP contribution in [0.2, 0.25) is 18.1 Å². The fourth-order valence-electron chi connectivity index (χ4n) is 2.80. The van der Waals surface area contributed by atoms with Crippen LogP contribution in [-0.4, -0.2) is 24.7 Å². The molecule has 5 heteroatoms. The van der Waals surface area contributed by atoms with E-state index in [1.165, 1.54) is 18.2 Å². The third kappa shape index (κ3) is 3.56. The molecule has 0 unspecified atom stereocenters. The number of benzene rings is 1. The Kier molecular flexibility index (Phi) is 4.49. The van der Waals surface area contributed by atoms with Gasteiger partial charge in [-0.25, -0.2) is 0 Å². The quantitative estimate of drug-likeness (QED) is 0.615. The summed E-state index contributed by atoms with van der Waals surface area (Å²) in [6, 6.07) is 6.80. The highest BCUT2D eigenvalue weighted by Gasteiger charge is 2.39. The fourth-order valence-corrected chi connectivity index (χ4v) is 4.26. The number of hydrogen-bond acceptors (Lipinski definition) is 2. The maximum atomic E-state index is 6.36. The Morgan fingerprint density at radius 3 is 2.65 bits per heavy atom. The maximum Gasteiger partial charge on any atom is 0.191 e. The van der Waals surface area contributed by atoms with E-state index in [1.807, 2.05) is 0 Å². The molecule has 1 aromatic heterocycles. The summed E-state index contributed by atoms with van der Waals surface area (Å²) in [4.78, 5) is 0. The van der Waals surface area contributed by atoms with Crippen LogP contribution < -0.4 is 0 Å². The lowest BCUT2D eigenvalue weighted by atomic mass is 9.81. The average Bonchev–Trinajstić information content (AvgIpc) is 2.77. The summed E-state index contributed by atoms with van der Waals surface area (Å²) in [5.41, 5.74) is 1.08. The molecule has 0 aliphatic heterocycles. The van der Waals surface area contributed by atoms with Gasteiger partial charge in [-0.2, -0.15) is 5.10 Å². The Bertz CT molecular complexity index is 699. The largest absolute Gasteiger partial charge is 0.417 e. The van der Waals surface area contributed by atoms with E-state index in [9.17, 15) is 0 Å². The second-order valence-corrected chi connectivity index (χ2v) is 14.1. The first-order valence-corrected chi connectivity index (χ1v) is 12.1. The first kappa shape index (κ1) is 17.2. The summed E-state index contributed by atoms with van der Waals surface area (Å²) >= 11 is 3.52. The van der Waals surface area contributed by atoms with Gasteiger partial charge in [-0.05, 0) is 55.1 Å². The smallest absolute Gasteiger partial charge is 0.191 e. The molecular weight excluding hydrogens is 368 g/mol. The summed E-state index contributed by atoms with van der Waals surface area (Å²) in [5, 5.41) is 6.23. The molecule has 1 heterocycles. The normalized spacial score (nSPS) is 22.3. The van der Waals surface area contributed by atoms with Crippen molar-refractivity contribution in [3.05, 3.63) is 28.9 Å². The first-order valence-electron chi connectivity index (χ1n) is 8.44. The van der Waals surface area contributed by atoms with E-state index in [1.54, 1.807) is 0 Å². The summed E-state index contributed by atoms with van der Waals surface area (Å²) in [5.74, 6) is 0.688. The van der Waals surface area contributed by atoms with Gasteiger partial charge in [0, 0.05) is 22.7 Å².